The molecule has 2 aromatic rings. The van der Waals surface area contributed by atoms with Crippen LogP contribution in [0.15, 0.2) is 47.4 Å². The lowest BCUT2D eigenvalue weighted by Crippen LogP contribution is -2.30. The van der Waals surface area contributed by atoms with Gasteiger partial charge in [-0.2, -0.15) is 8.78 Å². The number of methoxy groups -OCH3 is 1. The van der Waals surface area contributed by atoms with Crippen LogP contribution in [0.2, 0.25) is 0 Å². The summed E-state index contributed by atoms with van der Waals surface area (Å²) in [7, 11) is -2.66. The van der Waals surface area contributed by atoms with Crippen LogP contribution in [0.1, 0.15) is 17.3 Å². The van der Waals surface area contributed by atoms with E-state index in [9.17, 15) is 26.8 Å². The molecule has 0 aliphatic heterocycles. The minimum Gasteiger partial charge on any atom is -0.493 e. The fourth-order valence-electron chi connectivity index (χ4n) is 2.24. The van der Waals surface area contributed by atoms with E-state index in [4.69, 9.17) is 14.6 Å². The minimum atomic E-state index is -3.87. The molecule has 0 fully saturated rings. The standard InChI is InChI=1S/C18H18F2N2O7S/c1-10(16(23)22-12-4-6-13(7-5-12)30(21,25)26)28-17(24)11-3-8-14(29-18(19)20)15(9-11)27-2/h3-10,18H,1-2H3,(H,22,23)(H2,21,25,26)/t10-/m1/s1. The Labute approximate surface area is 170 Å². The molecule has 12 heteroatoms. The van der Waals surface area contributed by atoms with Gasteiger partial charge in [-0.1, -0.05) is 0 Å². The van der Waals surface area contributed by atoms with Crippen LogP contribution in [0.4, 0.5) is 14.5 Å². The lowest BCUT2D eigenvalue weighted by atomic mass is 10.2. The van der Waals surface area contributed by atoms with Crippen LogP contribution in [0.25, 0.3) is 0 Å². The van der Waals surface area contributed by atoms with Crippen molar-refractivity contribution < 1.29 is 41.0 Å². The molecule has 1 atom stereocenters. The molecule has 0 aliphatic carbocycles. The first kappa shape index (κ1) is 23.0. The Morgan fingerprint density at radius 2 is 1.70 bits per heavy atom. The van der Waals surface area contributed by atoms with Crippen LogP contribution < -0.4 is 19.9 Å². The van der Waals surface area contributed by atoms with Gasteiger partial charge in [0.2, 0.25) is 10.0 Å². The lowest BCUT2D eigenvalue weighted by Gasteiger charge is -2.15. The Morgan fingerprint density at radius 1 is 1.07 bits per heavy atom. The zero-order valence-corrected chi connectivity index (χ0v) is 16.6. The molecule has 0 aromatic heterocycles. The Kier molecular flexibility index (Phi) is 7.29. The van der Waals surface area contributed by atoms with E-state index in [0.717, 1.165) is 12.1 Å². The van der Waals surface area contributed by atoms with Gasteiger partial charge in [-0.05, 0) is 49.4 Å². The number of alkyl halides is 2. The van der Waals surface area contributed by atoms with Gasteiger partial charge < -0.3 is 19.5 Å². The molecule has 30 heavy (non-hydrogen) atoms. The van der Waals surface area contributed by atoms with E-state index in [2.05, 4.69) is 10.1 Å². The van der Waals surface area contributed by atoms with E-state index in [1.807, 2.05) is 0 Å². The average molecular weight is 444 g/mol. The molecule has 1 amide bonds. The molecular weight excluding hydrogens is 426 g/mol. The maximum atomic E-state index is 12.4. The first-order chi connectivity index (χ1) is 14.0. The van der Waals surface area contributed by atoms with Crippen molar-refractivity contribution in [2.75, 3.05) is 12.4 Å². The zero-order valence-electron chi connectivity index (χ0n) is 15.8. The number of sulfonamides is 1. The molecule has 0 saturated heterocycles. The van der Waals surface area contributed by atoms with Gasteiger partial charge in [-0.3, -0.25) is 4.79 Å². The first-order valence-corrected chi connectivity index (χ1v) is 9.83. The number of hydrogen-bond acceptors (Lipinski definition) is 7. The van der Waals surface area contributed by atoms with Crippen molar-refractivity contribution in [3.05, 3.63) is 48.0 Å². The fraction of sp³-hybridized carbons (Fsp3) is 0.222. The van der Waals surface area contributed by atoms with Gasteiger partial charge in [0.25, 0.3) is 5.91 Å². The molecule has 0 spiro atoms. The van der Waals surface area contributed by atoms with Crippen molar-refractivity contribution in [3.63, 3.8) is 0 Å². The molecule has 162 valence electrons. The number of anilines is 1. The highest BCUT2D eigenvalue weighted by molar-refractivity contribution is 7.89. The summed E-state index contributed by atoms with van der Waals surface area (Å²) in [6.07, 6.45) is -1.22. The van der Waals surface area contributed by atoms with Crippen LogP contribution in [-0.2, 0) is 19.6 Å². The van der Waals surface area contributed by atoms with E-state index < -0.39 is 34.6 Å². The third kappa shape index (κ3) is 6.12. The fourth-order valence-corrected chi connectivity index (χ4v) is 2.76. The number of carbonyl (C=O) groups is 2. The van der Waals surface area contributed by atoms with Gasteiger partial charge in [0, 0.05) is 5.69 Å². The molecule has 0 heterocycles. The monoisotopic (exact) mass is 444 g/mol. The number of nitrogens with two attached hydrogens (primary N) is 1. The largest absolute Gasteiger partial charge is 0.493 e. The Bertz CT molecular complexity index is 1030. The van der Waals surface area contributed by atoms with Gasteiger partial charge in [0.1, 0.15) is 0 Å². The highest BCUT2D eigenvalue weighted by Crippen LogP contribution is 2.29. The van der Waals surface area contributed by atoms with Crippen LogP contribution in [0.5, 0.6) is 11.5 Å². The number of benzene rings is 2. The van der Waals surface area contributed by atoms with Gasteiger partial charge in [0.05, 0.1) is 17.6 Å². The van der Waals surface area contributed by atoms with Crippen LogP contribution in [-0.4, -0.2) is 40.1 Å². The average Bonchev–Trinajstić information content (AvgIpc) is 2.67. The Balaban J connectivity index is 2.03. The number of primary sulfonamides is 1. The summed E-state index contributed by atoms with van der Waals surface area (Å²) >= 11 is 0. The summed E-state index contributed by atoms with van der Waals surface area (Å²) in [5.74, 6) is -1.96. The zero-order chi connectivity index (χ0) is 22.5. The van der Waals surface area contributed by atoms with E-state index in [1.54, 1.807) is 0 Å². The van der Waals surface area contributed by atoms with Gasteiger partial charge >= 0.3 is 12.6 Å². The molecule has 0 bridgehead atoms. The predicted molar refractivity (Wildman–Crippen MR) is 101 cm³/mol. The summed E-state index contributed by atoms with van der Waals surface area (Å²) < 4.78 is 61.4. The number of carbonyl (C=O) groups excluding carboxylic acids is 2. The summed E-state index contributed by atoms with van der Waals surface area (Å²) in [5.41, 5.74) is 0.205. The molecular formula is C18H18F2N2O7S. The second-order valence-corrected chi connectivity index (χ2v) is 7.41. The predicted octanol–water partition coefficient (Wildman–Crippen LogP) is 2.13. The van der Waals surface area contributed by atoms with Gasteiger partial charge in [-0.15, -0.1) is 0 Å². The summed E-state index contributed by atoms with van der Waals surface area (Å²) in [4.78, 5) is 24.3. The van der Waals surface area contributed by atoms with Crippen molar-refractivity contribution in [1.82, 2.24) is 0 Å². The van der Waals surface area contributed by atoms with Crippen LogP contribution >= 0.6 is 0 Å². The molecule has 0 radical (unpaired) electrons. The van der Waals surface area contributed by atoms with E-state index >= 15 is 0 Å². The summed E-state index contributed by atoms with van der Waals surface area (Å²) in [5, 5.41) is 7.44. The van der Waals surface area contributed by atoms with E-state index in [1.165, 1.54) is 44.4 Å². The maximum absolute atomic E-state index is 12.4. The van der Waals surface area contributed by atoms with Crippen molar-refractivity contribution in [2.24, 2.45) is 5.14 Å². The Morgan fingerprint density at radius 3 is 2.23 bits per heavy atom. The number of rotatable bonds is 8. The number of hydrogen-bond donors (Lipinski definition) is 2. The topological polar surface area (TPSA) is 134 Å². The third-order valence-electron chi connectivity index (χ3n) is 3.72. The minimum absolute atomic E-state index is 0.0504. The number of nitrogens with one attached hydrogen (secondary N) is 1. The number of amides is 1. The molecule has 0 saturated carbocycles. The highest BCUT2D eigenvalue weighted by atomic mass is 32.2. The van der Waals surface area contributed by atoms with Crippen molar-refractivity contribution in [2.45, 2.75) is 24.5 Å². The van der Waals surface area contributed by atoms with Crippen molar-refractivity contribution >= 4 is 27.6 Å². The number of ether oxygens (including phenoxy) is 3. The first-order valence-electron chi connectivity index (χ1n) is 8.29. The summed E-state index contributed by atoms with van der Waals surface area (Å²) in [6, 6.07) is 8.47. The van der Waals surface area contributed by atoms with Crippen LogP contribution in [0, 0.1) is 0 Å². The quantitative estimate of drug-likeness (QED) is 0.596. The maximum Gasteiger partial charge on any atom is 0.387 e. The van der Waals surface area contributed by atoms with Crippen molar-refractivity contribution in [3.8, 4) is 11.5 Å². The number of halogens is 2. The normalized spacial score (nSPS) is 12.2. The molecule has 2 aromatic carbocycles. The lowest BCUT2D eigenvalue weighted by molar-refractivity contribution is -0.123. The molecule has 0 aliphatic rings. The van der Waals surface area contributed by atoms with Crippen LogP contribution in [0.3, 0.4) is 0 Å². The van der Waals surface area contributed by atoms with E-state index in [-0.39, 0.29) is 27.6 Å². The SMILES string of the molecule is COc1cc(C(=O)O[C@H](C)C(=O)Nc2ccc(S(N)(=O)=O)cc2)ccc1OC(F)F. The molecule has 9 nitrogen and oxygen atoms in total. The third-order valence-corrected chi connectivity index (χ3v) is 4.65. The molecule has 2 rings (SSSR count). The summed E-state index contributed by atoms with van der Waals surface area (Å²) in [6.45, 7) is -1.75. The van der Waals surface area contributed by atoms with Crippen molar-refractivity contribution in [1.29, 1.82) is 0 Å². The Hall–Kier alpha value is -3.25. The molecule has 3 N–H and O–H groups in total. The molecule has 0 unspecified atom stereocenters. The highest BCUT2D eigenvalue weighted by Gasteiger charge is 2.21. The van der Waals surface area contributed by atoms with Gasteiger partial charge in [0.15, 0.2) is 17.6 Å². The number of esters is 1. The van der Waals surface area contributed by atoms with Gasteiger partial charge in [-0.25, -0.2) is 18.4 Å². The second kappa shape index (κ2) is 9.50. The second-order valence-electron chi connectivity index (χ2n) is 5.85. The smallest absolute Gasteiger partial charge is 0.387 e. The van der Waals surface area contributed by atoms with E-state index in [0.29, 0.717) is 0 Å².